The monoisotopic (exact) mass is 289 g/mol. The summed E-state index contributed by atoms with van der Waals surface area (Å²) in [4.78, 5) is 0. The Bertz CT molecular complexity index is 505. The third-order valence-corrected chi connectivity index (χ3v) is 4.60. The normalized spacial score (nSPS) is 26.7. The number of nitriles is 1. The van der Waals surface area contributed by atoms with Gasteiger partial charge in [0.2, 0.25) is 0 Å². The summed E-state index contributed by atoms with van der Waals surface area (Å²) in [5.74, 6) is 1.87. The summed E-state index contributed by atoms with van der Waals surface area (Å²) in [6, 6.07) is 7.71. The second-order valence-corrected chi connectivity index (χ2v) is 6.00. The molecule has 21 heavy (non-hydrogen) atoms. The van der Waals surface area contributed by atoms with Gasteiger partial charge in [0.25, 0.3) is 0 Å². The molecule has 0 spiro atoms. The van der Waals surface area contributed by atoms with Crippen molar-refractivity contribution < 1.29 is 14.6 Å². The first kappa shape index (κ1) is 15.7. The maximum Gasteiger partial charge on any atom is 0.122 e. The van der Waals surface area contributed by atoms with Crippen LogP contribution in [0.4, 0.5) is 0 Å². The topological polar surface area (TPSA) is 62.5 Å². The van der Waals surface area contributed by atoms with E-state index in [1.807, 2.05) is 0 Å². The minimum absolute atomic E-state index is 0.624. The molecular formula is C17H23NO3. The van der Waals surface area contributed by atoms with Crippen molar-refractivity contribution in [1.29, 1.82) is 5.26 Å². The number of aliphatic hydroxyl groups is 1. The molecule has 1 aliphatic rings. The molecule has 1 N–H and O–H groups in total. The van der Waals surface area contributed by atoms with E-state index in [-0.39, 0.29) is 0 Å². The Labute approximate surface area is 126 Å². The molecule has 0 saturated heterocycles. The highest BCUT2D eigenvalue weighted by molar-refractivity contribution is 5.40. The summed E-state index contributed by atoms with van der Waals surface area (Å²) in [5.41, 5.74) is -0.0218. The molecule has 0 amide bonds. The summed E-state index contributed by atoms with van der Waals surface area (Å²) >= 11 is 0. The molecule has 4 heteroatoms. The van der Waals surface area contributed by atoms with Gasteiger partial charge >= 0.3 is 0 Å². The van der Waals surface area contributed by atoms with Crippen molar-refractivity contribution in [3.05, 3.63) is 23.8 Å². The fourth-order valence-corrected chi connectivity index (χ4v) is 3.03. The van der Waals surface area contributed by atoms with Crippen LogP contribution in [0.25, 0.3) is 0 Å². The van der Waals surface area contributed by atoms with E-state index in [9.17, 15) is 10.4 Å². The first-order chi connectivity index (χ1) is 10.0. The van der Waals surface area contributed by atoms with Crippen LogP contribution in [-0.2, 0) is 0 Å². The number of ether oxygens (including phenoxy) is 2. The van der Waals surface area contributed by atoms with Crippen LogP contribution in [0.15, 0.2) is 18.2 Å². The second-order valence-electron chi connectivity index (χ2n) is 6.00. The maximum absolute atomic E-state index is 10.8. The Morgan fingerprint density at radius 1 is 1.19 bits per heavy atom. The Morgan fingerprint density at radius 3 is 2.14 bits per heavy atom. The lowest BCUT2D eigenvalue weighted by Crippen LogP contribution is -2.32. The Balaban J connectivity index is 2.33. The van der Waals surface area contributed by atoms with Gasteiger partial charge in [0.05, 0.1) is 31.8 Å². The fourth-order valence-electron chi connectivity index (χ4n) is 3.03. The summed E-state index contributed by atoms with van der Waals surface area (Å²) in [7, 11) is 3.15. The molecule has 114 valence electrons. The van der Waals surface area contributed by atoms with E-state index in [0.29, 0.717) is 23.0 Å². The van der Waals surface area contributed by atoms with Crippen molar-refractivity contribution in [2.45, 2.75) is 38.7 Å². The highest BCUT2D eigenvalue weighted by atomic mass is 16.5. The van der Waals surface area contributed by atoms with Gasteiger partial charge in [-0.25, -0.2) is 0 Å². The third kappa shape index (κ3) is 3.14. The molecule has 0 aromatic heterocycles. The third-order valence-electron chi connectivity index (χ3n) is 4.60. The zero-order valence-corrected chi connectivity index (χ0v) is 12.9. The average Bonchev–Trinajstić information content (AvgIpc) is 2.54. The van der Waals surface area contributed by atoms with Gasteiger partial charge in [-0.2, -0.15) is 5.26 Å². The molecule has 0 heterocycles. The largest absolute Gasteiger partial charge is 0.497 e. The smallest absolute Gasteiger partial charge is 0.122 e. The van der Waals surface area contributed by atoms with Crippen LogP contribution in [0.3, 0.4) is 0 Å². The van der Waals surface area contributed by atoms with Crippen LogP contribution >= 0.6 is 0 Å². The zero-order chi connectivity index (χ0) is 15.5. The predicted octanol–water partition coefficient (Wildman–Crippen LogP) is 3.46. The van der Waals surface area contributed by atoms with Gasteiger partial charge in [-0.15, -0.1) is 0 Å². The average molecular weight is 289 g/mol. The van der Waals surface area contributed by atoms with Gasteiger partial charge in [-0.1, -0.05) is 6.92 Å². The van der Waals surface area contributed by atoms with E-state index < -0.39 is 11.5 Å². The van der Waals surface area contributed by atoms with Crippen LogP contribution < -0.4 is 9.47 Å². The lowest BCUT2D eigenvalue weighted by atomic mass is 9.67. The summed E-state index contributed by atoms with van der Waals surface area (Å²) in [6.07, 6.45) is 2.59. The van der Waals surface area contributed by atoms with Crippen molar-refractivity contribution in [3.63, 3.8) is 0 Å². The molecule has 1 unspecified atom stereocenters. The predicted molar refractivity (Wildman–Crippen MR) is 80.2 cm³/mol. The number of hydrogen-bond donors (Lipinski definition) is 1. The first-order valence-electron chi connectivity index (χ1n) is 7.37. The minimum Gasteiger partial charge on any atom is -0.497 e. The quantitative estimate of drug-likeness (QED) is 0.922. The van der Waals surface area contributed by atoms with Gasteiger partial charge in [-0.05, 0) is 49.3 Å². The van der Waals surface area contributed by atoms with Crippen molar-refractivity contribution in [2.24, 2.45) is 11.3 Å². The fraction of sp³-hybridized carbons (Fsp3) is 0.588. The van der Waals surface area contributed by atoms with E-state index in [1.54, 1.807) is 32.4 Å². The number of rotatable bonds is 4. The van der Waals surface area contributed by atoms with Gasteiger partial charge < -0.3 is 14.6 Å². The van der Waals surface area contributed by atoms with E-state index in [0.717, 1.165) is 25.7 Å². The van der Waals surface area contributed by atoms with Crippen molar-refractivity contribution >= 4 is 0 Å². The molecule has 0 radical (unpaired) electrons. The molecule has 1 saturated carbocycles. The van der Waals surface area contributed by atoms with Gasteiger partial charge in [-0.3, -0.25) is 0 Å². The maximum atomic E-state index is 10.8. The van der Waals surface area contributed by atoms with Crippen molar-refractivity contribution in [1.82, 2.24) is 0 Å². The van der Waals surface area contributed by atoms with Gasteiger partial charge in [0.15, 0.2) is 0 Å². The van der Waals surface area contributed by atoms with E-state index >= 15 is 0 Å². The summed E-state index contributed by atoms with van der Waals surface area (Å²) < 4.78 is 10.5. The zero-order valence-electron chi connectivity index (χ0n) is 12.9. The Kier molecular flexibility index (Phi) is 4.74. The molecule has 1 aromatic rings. The molecule has 1 atom stereocenters. The Hall–Kier alpha value is -1.73. The van der Waals surface area contributed by atoms with Gasteiger partial charge in [0.1, 0.15) is 11.5 Å². The summed E-state index contributed by atoms with van der Waals surface area (Å²) in [6.45, 7) is 2.20. The number of methoxy groups -OCH3 is 2. The number of aliphatic hydroxyl groups excluding tert-OH is 1. The molecule has 0 bridgehead atoms. The highest BCUT2D eigenvalue weighted by Crippen LogP contribution is 2.47. The number of nitrogens with zero attached hydrogens (tertiary/aromatic N) is 1. The second kappa shape index (κ2) is 6.36. The van der Waals surface area contributed by atoms with Crippen molar-refractivity contribution in [2.75, 3.05) is 14.2 Å². The standard InChI is InChI=1S/C17H23NO3/c1-12-4-6-17(11-18,7-5-12)16(19)13-8-14(20-2)10-15(9-13)21-3/h8-10,12,16,19H,4-7H2,1-3H3. The minimum atomic E-state index is -0.820. The van der Waals surface area contributed by atoms with Gasteiger partial charge in [0, 0.05) is 6.07 Å². The van der Waals surface area contributed by atoms with E-state index in [4.69, 9.17) is 9.47 Å². The van der Waals surface area contributed by atoms with Crippen LogP contribution in [0.5, 0.6) is 11.5 Å². The SMILES string of the molecule is COc1cc(OC)cc(C(O)C2(C#N)CCC(C)CC2)c1. The van der Waals surface area contributed by atoms with E-state index in [2.05, 4.69) is 13.0 Å². The van der Waals surface area contributed by atoms with Crippen molar-refractivity contribution in [3.8, 4) is 17.6 Å². The first-order valence-corrected chi connectivity index (χ1v) is 7.37. The lowest BCUT2D eigenvalue weighted by molar-refractivity contribution is 0.0264. The molecule has 1 fully saturated rings. The van der Waals surface area contributed by atoms with Crippen LogP contribution in [0.1, 0.15) is 44.3 Å². The molecular weight excluding hydrogens is 266 g/mol. The van der Waals surface area contributed by atoms with Crippen LogP contribution in [-0.4, -0.2) is 19.3 Å². The number of benzene rings is 1. The molecule has 0 aliphatic heterocycles. The molecule has 4 nitrogen and oxygen atoms in total. The highest BCUT2D eigenvalue weighted by Gasteiger charge is 2.42. The lowest BCUT2D eigenvalue weighted by Gasteiger charge is -2.37. The number of hydrogen-bond acceptors (Lipinski definition) is 4. The van der Waals surface area contributed by atoms with Crippen LogP contribution in [0, 0.1) is 22.7 Å². The molecule has 2 rings (SSSR count). The Morgan fingerprint density at radius 2 is 1.71 bits per heavy atom. The molecule has 1 aliphatic carbocycles. The molecule has 1 aromatic carbocycles. The van der Waals surface area contributed by atoms with E-state index in [1.165, 1.54) is 0 Å². The van der Waals surface area contributed by atoms with Crippen LogP contribution in [0.2, 0.25) is 0 Å². The summed E-state index contributed by atoms with van der Waals surface area (Å²) in [5, 5.41) is 20.4.